The maximum absolute atomic E-state index is 11.8. The number of carbonyl (C=O) groups is 1. The Kier molecular flexibility index (Phi) is 2.50. The zero-order valence-electron chi connectivity index (χ0n) is 9.97. The van der Waals surface area contributed by atoms with Crippen molar-refractivity contribution in [2.24, 2.45) is 5.73 Å². The second-order valence-electron chi connectivity index (χ2n) is 5.26. The summed E-state index contributed by atoms with van der Waals surface area (Å²) in [6.07, 6.45) is 0. The van der Waals surface area contributed by atoms with Crippen molar-refractivity contribution >= 4 is 5.91 Å². The van der Waals surface area contributed by atoms with Gasteiger partial charge in [-0.15, -0.1) is 0 Å². The normalized spacial score (nSPS) is 25.5. The van der Waals surface area contributed by atoms with E-state index in [2.05, 4.69) is 0 Å². The number of amides is 1. The molecule has 0 aliphatic carbocycles. The van der Waals surface area contributed by atoms with Gasteiger partial charge in [-0.3, -0.25) is 4.79 Å². The monoisotopic (exact) mass is 218 g/mol. The minimum Gasteiger partial charge on any atom is -0.327 e. The number of likely N-dealkylation sites (tertiary alicyclic amines) is 1. The van der Waals surface area contributed by atoms with Gasteiger partial charge in [0.05, 0.1) is 6.04 Å². The van der Waals surface area contributed by atoms with Crippen LogP contribution in [-0.2, 0) is 4.79 Å². The fourth-order valence-corrected chi connectivity index (χ4v) is 2.27. The van der Waals surface area contributed by atoms with Gasteiger partial charge in [0.15, 0.2) is 0 Å². The van der Waals surface area contributed by atoms with E-state index in [4.69, 9.17) is 5.73 Å². The Labute approximate surface area is 96.2 Å². The van der Waals surface area contributed by atoms with Crippen LogP contribution in [0.3, 0.4) is 0 Å². The molecule has 1 aromatic carbocycles. The Balaban J connectivity index is 2.31. The molecule has 0 aromatic heterocycles. The van der Waals surface area contributed by atoms with Crippen molar-refractivity contribution < 1.29 is 4.79 Å². The van der Waals surface area contributed by atoms with Crippen molar-refractivity contribution in [2.45, 2.75) is 38.4 Å². The van der Waals surface area contributed by atoms with Gasteiger partial charge in [-0.2, -0.15) is 0 Å². The van der Waals surface area contributed by atoms with Crippen LogP contribution in [0.5, 0.6) is 0 Å². The third kappa shape index (κ3) is 1.61. The van der Waals surface area contributed by atoms with Gasteiger partial charge in [0.2, 0.25) is 5.91 Å². The fourth-order valence-electron chi connectivity index (χ4n) is 2.27. The quantitative estimate of drug-likeness (QED) is 0.729. The molecule has 16 heavy (non-hydrogen) atoms. The summed E-state index contributed by atoms with van der Waals surface area (Å²) in [4.78, 5) is 13.7. The Morgan fingerprint density at radius 1 is 1.19 bits per heavy atom. The molecule has 86 valence electrons. The van der Waals surface area contributed by atoms with E-state index in [-0.39, 0.29) is 23.5 Å². The van der Waals surface area contributed by atoms with Crippen LogP contribution in [0.15, 0.2) is 30.3 Å². The second-order valence-corrected chi connectivity index (χ2v) is 5.26. The molecular weight excluding hydrogens is 200 g/mol. The molecule has 0 saturated carbocycles. The van der Waals surface area contributed by atoms with E-state index in [1.54, 1.807) is 0 Å². The third-order valence-electron chi connectivity index (χ3n) is 3.00. The fraction of sp³-hybridized carbons (Fsp3) is 0.462. The van der Waals surface area contributed by atoms with E-state index in [9.17, 15) is 4.79 Å². The Morgan fingerprint density at radius 3 is 2.25 bits per heavy atom. The van der Waals surface area contributed by atoms with Gasteiger partial charge < -0.3 is 10.6 Å². The summed E-state index contributed by atoms with van der Waals surface area (Å²) >= 11 is 0. The largest absolute Gasteiger partial charge is 0.327 e. The van der Waals surface area contributed by atoms with Crippen LogP contribution in [0.1, 0.15) is 32.4 Å². The SMILES string of the molecule is CC(C)(C)N1C(=O)[C@H](N)[C@@H]1c1ccccc1. The standard InChI is InChI=1S/C13H18N2O/c1-13(2,3)15-11(10(14)12(15)16)9-7-5-4-6-8-9/h4-8,10-11H,14H2,1-3H3/t10-,11+/m1/s1. The molecule has 3 nitrogen and oxygen atoms in total. The van der Waals surface area contributed by atoms with Crippen LogP contribution >= 0.6 is 0 Å². The van der Waals surface area contributed by atoms with E-state index in [1.165, 1.54) is 0 Å². The molecule has 0 radical (unpaired) electrons. The molecular formula is C13H18N2O. The van der Waals surface area contributed by atoms with Crippen molar-refractivity contribution in [1.82, 2.24) is 4.90 Å². The maximum Gasteiger partial charge on any atom is 0.243 e. The highest BCUT2D eigenvalue weighted by atomic mass is 16.2. The molecule has 1 heterocycles. The molecule has 0 unspecified atom stereocenters. The predicted octanol–water partition coefficient (Wildman–Crippen LogP) is 1.70. The summed E-state index contributed by atoms with van der Waals surface area (Å²) in [5, 5.41) is 0. The summed E-state index contributed by atoms with van der Waals surface area (Å²) < 4.78 is 0. The molecule has 1 amide bonds. The topological polar surface area (TPSA) is 46.3 Å². The van der Waals surface area contributed by atoms with Crippen LogP contribution in [0.2, 0.25) is 0 Å². The van der Waals surface area contributed by atoms with Crippen molar-refractivity contribution in [3.8, 4) is 0 Å². The van der Waals surface area contributed by atoms with E-state index in [0.29, 0.717) is 0 Å². The minimum absolute atomic E-state index is 0.0219. The van der Waals surface area contributed by atoms with Crippen LogP contribution in [-0.4, -0.2) is 22.4 Å². The summed E-state index contributed by atoms with van der Waals surface area (Å²) in [6.45, 7) is 6.10. The van der Waals surface area contributed by atoms with Crippen molar-refractivity contribution in [1.29, 1.82) is 0 Å². The van der Waals surface area contributed by atoms with E-state index in [1.807, 2.05) is 56.0 Å². The average Bonchev–Trinajstić information content (AvgIpc) is 2.23. The lowest BCUT2D eigenvalue weighted by Crippen LogP contribution is -2.68. The lowest BCUT2D eigenvalue weighted by Gasteiger charge is -2.52. The van der Waals surface area contributed by atoms with Crippen molar-refractivity contribution in [3.05, 3.63) is 35.9 Å². The zero-order valence-corrected chi connectivity index (χ0v) is 9.97. The molecule has 1 aliphatic heterocycles. The highest BCUT2D eigenvalue weighted by molar-refractivity contribution is 5.90. The number of benzene rings is 1. The van der Waals surface area contributed by atoms with Gasteiger partial charge in [0.25, 0.3) is 0 Å². The van der Waals surface area contributed by atoms with E-state index < -0.39 is 0 Å². The number of rotatable bonds is 1. The first-order valence-electron chi connectivity index (χ1n) is 5.56. The number of carbonyl (C=O) groups excluding carboxylic acids is 1. The minimum atomic E-state index is -0.387. The van der Waals surface area contributed by atoms with Gasteiger partial charge in [0.1, 0.15) is 6.04 Å². The number of hydrogen-bond donors (Lipinski definition) is 1. The third-order valence-corrected chi connectivity index (χ3v) is 3.00. The predicted molar refractivity (Wildman–Crippen MR) is 63.8 cm³/mol. The Morgan fingerprint density at radius 2 is 1.75 bits per heavy atom. The van der Waals surface area contributed by atoms with Gasteiger partial charge in [-0.25, -0.2) is 0 Å². The highest BCUT2D eigenvalue weighted by Crippen LogP contribution is 2.39. The lowest BCUT2D eigenvalue weighted by molar-refractivity contribution is -0.158. The molecule has 1 fully saturated rings. The number of hydrogen-bond acceptors (Lipinski definition) is 2. The second kappa shape index (κ2) is 3.59. The smallest absolute Gasteiger partial charge is 0.243 e. The van der Waals surface area contributed by atoms with E-state index >= 15 is 0 Å². The van der Waals surface area contributed by atoms with Crippen LogP contribution in [0.25, 0.3) is 0 Å². The molecule has 2 rings (SSSR count). The molecule has 2 atom stereocenters. The van der Waals surface area contributed by atoms with Gasteiger partial charge in [-0.1, -0.05) is 30.3 Å². The van der Waals surface area contributed by atoms with Gasteiger partial charge in [-0.05, 0) is 26.3 Å². The molecule has 1 aromatic rings. The number of β-lactam (4-membered cyclic amide) rings is 1. The molecule has 2 N–H and O–H groups in total. The number of nitrogens with two attached hydrogens (primary N) is 1. The Hall–Kier alpha value is -1.35. The highest BCUT2D eigenvalue weighted by Gasteiger charge is 2.50. The lowest BCUT2D eigenvalue weighted by atomic mass is 9.84. The van der Waals surface area contributed by atoms with Gasteiger partial charge >= 0.3 is 0 Å². The van der Waals surface area contributed by atoms with Crippen LogP contribution in [0, 0.1) is 0 Å². The van der Waals surface area contributed by atoms with E-state index in [0.717, 1.165) is 5.56 Å². The van der Waals surface area contributed by atoms with Crippen LogP contribution < -0.4 is 5.73 Å². The van der Waals surface area contributed by atoms with Gasteiger partial charge in [0, 0.05) is 5.54 Å². The molecule has 1 aliphatic rings. The first-order valence-corrected chi connectivity index (χ1v) is 5.56. The summed E-state index contributed by atoms with van der Waals surface area (Å²) in [6, 6.07) is 9.61. The summed E-state index contributed by atoms with van der Waals surface area (Å²) in [7, 11) is 0. The molecule has 1 saturated heterocycles. The molecule has 3 heteroatoms. The first kappa shape index (κ1) is 11.1. The van der Waals surface area contributed by atoms with Crippen molar-refractivity contribution in [2.75, 3.05) is 0 Å². The first-order chi connectivity index (χ1) is 7.43. The number of nitrogens with zero attached hydrogens (tertiary/aromatic N) is 1. The molecule has 0 spiro atoms. The Bertz CT molecular complexity index is 394. The molecule has 0 bridgehead atoms. The maximum atomic E-state index is 11.8. The van der Waals surface area contributed by atoms with Crippen molar-refractivity contribution in [3.63, 3.8) is 0 Å². The summed E-state index contributed by atoms with van der Waals surface area (Å²) in [5.41, 5.74) is 6.84. The van der Waals surface area contributed by atoms with Crippen LogP contribution in [0.4, 0.5) is 0 Å². The average molecular weight is 218 g/mol. The summed E-state index contributed by atoms with van der Waals surface area (Å²) in [5.74, 6) is 0.0429. The zero-order chi connectivity index (χ0) is 11.9.